The molecule has 0 aromatic heterocycles. The molecule has 1 atom stereocenters. The first-order valence-corrected chi connectivity index (χ1v) is 6.28. The lowest BCUT2D eigenvalue weighted by atomic mass is 9.97. The second-order valence-electron chi connectivity index (χ2n) is 4.57. The zero-order valence-corrected chi connectivity index (χ0v) is 11.3. The van der Waals surface area contributed by atoms with E-state index in [1.54, 1.807) is 21.3 Å². The summed E-state index contributed by atoms with van der Waals surface area (Å²) in [5.74, 6) is 3.11. The van der Waals surface area contributed by atoms with Gasteiger partial charge in [-0.25, -0.2) is 0 Å². The number of benzene rings is 1. The molecule has 1 unspecified atom stereocenters. The Labute approximate surface area is 108 Å². The quantitative estimate of drug-likeness (QED) is 0.867. The third kappa shape index (κ3) is 2.70. The van der Waals surface area contributed by atoms with Crippen molar-refractivity contribution in [2.24, 2.45) is 5.92 Å². The van der Waals surface area contributed by atoms with Gasteiger partial charge in [0, 0.05) is 17.7 Å². The maximum Gasteiger partial charge on any atom is 0.129 e. The number of hydrogen-bond donors (Lipinski definition) is 1. The Bertz CT molecular complexity index is 375. The predicted octanol–water partition coefficient (Wildman–Crippen LogP) is 1.86. The van der Waals surface area contributed by atoms with Crippen molar-refractivity contribution < 1.29 is 14.2 Å². The maximum atomic E-state index is 5.46. The van der Waals surface area contributed by atoms with Gasteiger partial charge in [0.15, 0.2) is 0 Å². The van der Waals surface area contributed by atoms with Crippen LogP contribution >= 0.6 is 0 Å². The Morgan fingerprint density at radius 1 is 1.11 bits per heavy atom. The lowest BCUT2D eigenvalue weighted by Crippen LogP contribution is -2.12. The SMILES string of the molecule is COc1cc(OC)c(CC2CCNC2)c(OC)c1. The highest BCUT2D eigenvalue weighted by Gasteiger charge is 2.20. The Balaban J connectivity index is 2.29. The Hall–Kier alpha value is -1.42. The Kier molecular flexibility index (Phi) is 4.31. The first-order chi connectivity index (χ1) is 8.78. The molecule has 2 rings (SSSR count). The summed E-state index contributed by atoms with van der Waals surface area (Å²) < 4.78 is 16.2. The summed E-state index contributed by atoms with van der Waals surface area (Å²) in [7, 11) is 5.02. The van der Waals surface area contributed by atoms with Gasteiger partial charge in [-0.1, -0.05) is 0 Å². The Morgan fingerprint density at radius 2 is 1.78 bits per heavy atom. The van der Waals surface area contributed by atoms with E-state index in [2.05, 4.69) is 5.32 Å². The zero-order chi connectivity index (χ0) is 13.0. The van der Waals surface area contributed by atoms with Crippen molar-refractivity contribution in [3.05, 3.63) is 17.7 Å². The smallest absolute Gasteiger partial charge is 0.129 e. The van der Waals surface area contributed by atoms with Crippen LogP contribution in [0, 0.1) is 5.92 Å². The van der Waals surface area contributed by atoms with Crippen molar-refractivity contribution in [3.8, 4) is 17.2 Å². The number of methoxy groups -OCH3 is 3. The van der Waals surface area contributed by atoms with Crippen LogP contribution in [0.15, 0.2) is 12.1 Å². The molecule has 1 fully saturated rings. The molecule has 0 saturated carbocycles. The number of hydrogen-bond acceptors (Lipinski definition) is 4. The van der Waals surface area contributed by atoms with Gasteiger partial charge in [-0.05, 0) is 31.8 Å². The van der Waals surface area contributed by atoms with Crippen LogP contribution in [-0.4, -0.2) is 34.4 Å². The van der Waals surface area contributed by atoms with E-state index in [0.29, 0.717) is 5.92 Å². The summed E-state index contributed by atoms with van der Waals surface area (Å²) >= 11 is 0. The summed E-state index contributed by atoms with van der Waals surface area (Å²) in [6.45, 7) is 2.17. The minimum atomic E-state index is 0.654. The van der Waals surface area contributed by atoms with Gasteiger partial charge in [0.25, 0.3) is 0 Å². The highest BCUT2D eigenvalue weighted by atomic mass is 16.5. The molecule has 100 valence electrons. The molecule has 1 aromatic rings. The van der Waals surface area contributed by atoms with E-state index in [1.165, 1.54) is 6.42 Å². The summed E-state index contributed by atoms with van der Waals surface area (Å²) in [4.78, 5) is 0. The first-order valence-electron chi connectivity index (χ1n) is 6.28. The van der Waals surface area contributed by atoms with Crippen LogP contribution in [0.25, 0.3) is 0 Å². The average molecular weight is 251 g/mol. The third-order valence-corrected chi connectivity index (χ3v) is 3.47. The number of nitrogens with one attached hydrogen (secondary N) is 1. The number of rotatable bonds is 5. The first kappa shape index (κ1) is 13.0. The molecule has 1 heterocycles. The molecule has 0 aliphatic carbocycles. The molecule has 1 N–H and O–H groups in total. The molecule has 0 amide bonds. The summed E-state index contributed by atoms with van der Waals surface area (Å²) in [6, 6.07) is 3.83. The van der Waals surface area contributed by atoms with Gasteiger partial charge in [-0.15, -0.1) is 0 Å². The lowest BCUT2D eigenvalue weighted by Gasteiger charge is -2.17. The van der Waals surface area contributed by atoms with Crippen molar-refractivity contribution in [1.82, 2.24) is 5.32 Å². The molecule has 0 bridgehead atoms. The second-order valence-corrected chi connectivity index (χ2v) is 4.57. The van der Waals surface area contributed by atoms with Crippen LogP contribution < -0.4 is 19.5 Å². The number of ether oxygens (including phenoxy) is 3. The summed E-state index contributed by atoms with van der Waals surface area (Å²) in [5, 5.41) is 3.38. The highest BCUT2D eigenvalue weighted by Crippen LogP contribution is 2.36. The minimum absolute atomic E-state index is 0.654. The van der Waals surface area contributed by atoms with Crippen molar-refractivity contribution in [2.75, 3.05) is 34.4 Å². The van der Waals surface area contributed by atoms with Crippen LogP contribution in [0.1, 0.15) is 12.0 Å². The van der Waals surface area contributed by atoms with Crippen molar-refractivity contribution >= 4 is 0 Å². The minimum Gasteiger partial charge on any atom is -0.496 e. The van der Waals surface area contributed by atoms with E-state index in [9.17, 15) is 0 Å². The normalized spacial score (nSPS) is 18.7. The van der Waals surface area contributed by atoms with Crippen molar-refractivity contribution in [1.29, 1.82) is 0 Å². The van der Waals surface area contributed by atoms with Crippen LogP contribution in [0.4, 0.5) is 0 Å². The molecular weight excluding hydrogens is 230 g/mol. The van der Waals surface area contributed by atoms with Crippen LogP contribution in [-0.2, 0) is 6.42 Å². The predicted molar refractivity (Wildman–Crippen MR) is 70.8 cm³/mol. The molecule has 0 spiro atoms. The fourth-order valence-electron chi connectivity index (χ4n) is 2.46. The molecule has 1 aliphatic heterocycles. The van der Waals surface area contributed by atoms with Crippen LogP contribution in [0.5, 0.6) is 17.2 Å². The van der Waals surface area contributed by atoms with E-state index in [1.807, 2.05) is 12.1 Å². The van der Waals surface area contributed by atoms with Gasteiger partial charge in [0.1, 0.15) is 17.2 Å². The van der Waals surface area contributed by atoms with Gasteiger partial charge >= 0.3 is 0 Å². The van der Waals surface area contributed by atoms with Gasteiger partial charge in [0.05, 0.1) is 21.3 Å². The van der Waals surface area contributed by atoms with Gasteiger partial charge in [-0.3, -0.25) is 0 Å². The van der Waals surface area contributed by atoms with Crippen molar-refractivity contribution in [2.45, 2.75) is 12.8 Å². The summed E-state index contributed by atoms with van der Waals surface area (Å²) in [6.07, 6.45) is 2.18. The molecule has 1 aromatic carbocycles. The maximum absolute atomic E-state index is 5.46. The molecule has 4 heteroatoms. The highest BCUT2D eigenvalue weighted by molar-refractivity contribution is 5.51. The largest absolute Gasteiger partial charge is 0.496 e. The fraction of sp³-hybridized carbons (Fsp3) is 0.571. The van der Waals surface area contributed by atoms with Crippen LogP contribution in [0.2, 0.25) is 0 Å². The average Bonchev–Trinajstić information content (AvgIpc) is 2.91. The van der Waals surface area contributed by atoms with Crippen LogP contribution in [0.3, 0.4) is 0 Å². The lowest BCUT2D eigenvalue weighted by molar-refractivity contribution is 0.364. The van der Waals surface area contributed by atoms with Gasteiger partial charge in [-0.2, -0.15) is 0 Å². The Morgan fingerprint density at radius 3 is 2.22 bits per heavy atom. The van der Waals surface area contributed by atoms with Gasteiger partial charge < -0.3 is 19.5 Å². The third-order valence-electron chi connectivity index (χ3n) is 3.47. The molecule has 0 radical (unpaired) electrons. The molecule has 1 saturated heterocycles. The van der Waals surface area contributed by atoms with E-state index in [-0.39, 0.29) is 0 Å². The van der Waals surface area contributed by atoms with E-state index in [0.717, 1.165) is 42.3 Å². The van der Waals surface area contributed by atoms with Crippen molar-refractivity contribution in [3.63, 3.8) is 0 Å². The zero-order valence-electron chi connectivity index (χ0n) is 11.3. The molecule has 4 nitrogen and oxygen atoms in total. The fourth-order valence-corrected chi connectivity index (χ4v) is 2.46. The molecule has 18 heavy (non-hydrogen) atoms. The van der Waals surface area contributed by atoms with E-state index in [4.69, 9.17) is 14.2 Å². The second kappa shape index (κ2) is 5.96. The molecular formula is C14H21NO3. The summed E-state index contributed by atoms with van der Waals surface area (Å²) in [5.41, 5.74) is 1.13. The van der Waals surface area contributed by atoms with E-state index < -0.39 is 0 Å². The topological polar surface area (TPSA) is 39.7 Å². The monoisotopic (exact) mass is 251 g/mol. The van der Waals surface area contributed by atoms with E-state index >= 15 is 0 Å². The standard InChI is InChI=1S/C14H21NO3/c1-16-11-7-13(17-2)12(14(8-11)18-3)6-10-4-5-15-9-10/h7-8,10,15H,4-6,9H2,1-3H3. The molecule has 1 aliphatic rings. The van der Waals surface area contributed by atoms with Gasteiger partial charge in [0.2, 0.25) is 0 Å².